The zero-order valence-corrected chi connectivity index (χ0v) is 18.7. The molecule has 1 amide bonds. The molecule has 0 radical (unpaired) electrons. The molecule has 5 nitrogen and oxygen atoms in total. The van der Waals surface area contributed by atoms with Crippen molar-refractivity contribution < 1.29 is 4.79 Å². The smallest absolute Gasteiger partial charge is 0.260 e. The first-order chi connectivity index (χ1) is 14.4. The van der Waals surface area contributed by atoms with Crippen molar-refractivity contribution in [3.8, 4) is 11.1 Å². The first-order valence-corrected chi connectivity index (χ1v) is 11.4. The molecular weight excluding hydrogens is 438 g/mol. The van der Waals surface area contributed by atoms with E-state index in [9.17, 15) is 9.59 Å². The summed E-state index contributed by atoms with van der Waals surface area (Å²) in [6, 6.07) is 13.3. The van der Waals surface area contributed by atoms with Crippen LogP contribution in [0.3, 0.4) is 0 Å². The molecule has 0 atom stereocenters. The minimum atomic E-state index is -0.201. The van der Waals surface area contributed by atoms with Crippen LogP contribution in [0, 0.1) is 13.8 Å². The van der Waals surface area contributed by atoms with Crippen LogP contribution < -0.4 is 10.9 Å². The number of aromatic nitrogens is 2. The topological polar surface area (TPSA) is 74.8 Å². The Hall–Kier alpha value is -2.61. The van der Waals surface area contributed by atoms with Crippen LogP contribution in [0.2, 0.25) is 5.02 Å². The predicted molar refractivity (Wildman–Crippen MR) is 126 cm³/mol. The summed E-state index contributed by atoms with van der Waals surface area (Å²) >= 11 is 8.57. The molecule has 0 saturated heterocycles. The number of rotatable bonds is 5. The number of nitrogens with zero attached hydrogens (tertiary/aromatic N) is 1. The van der Waals surface area contributed by atoms with E-state index >= 15 is 0 Å². The third kappa shape index (κ3) is 4.43. The van der Waals surface area contributed by atoms with Gasteiger partial charge in [0.2, 0.25) is 5.91 Å². The molecule has 0 aliphatic heterocycles. The summed E-state index contributed by atoms with van der Waals surface area (Å²) in [5, 5.41) is 6.42. The molecule has 4 aromatic rings. The summed E-state index contributed by atoms with van der Waals surface area (Å²) in [6.45, 7) is 3.90. The number of fused-ring (bicyclic) bond motifs is 1. The molecule has 30 heavy (non-hydrogen) atoms. The molecule has 2 N–H and O–H groups in total. The lowest BCUT2D eigenvalue weighted by Crippen LogP contribution is -2.16. The second kappa shape index (κ2) is 8.63. The number of aromatic amines is 1. The maximum Gasteiger partial charge on any atom is 0.260 e. The van der Waals surface area contributed by atoms with E-state index in [0.717, 1.165) is 22.3 Å². The number of halogens is 1. The van der Waals surface area contributed by atoms with Crippen molar-refractivity contribution in [1.29, 1.82) is 0 Å². The van der Waals surface area contributed by atoms with Crippen LogP contribution in [0.5, 0.6) is 0 Å². The first-order valence-electron chi connectivity index (χ1n) is 9.18. The molecular formula is C22H18ClN3O2S2. The van der Waals surface area contributed by atoms with Gasteiger partial charge in [-0.25, -0.2) is 4.98 Å². The quantitative estimate of drug-likeness (QED) is 0.301. The van der Waals surface area contributed by atoms with E-state index in [-0.39, 0.29) is 17.2 Å². The molecule has 0 fully saturated rings. The summed E-state index contributed by atoms with van der Waals surface area (Å²) in [5.41, 5.74) is 4.41. The molecule has 0 aliphatic rings. The van der Waals surface area contributed by atoms with Gasteiger partial charge in [-0.05, 0) is 43.2 Å². The number of carbonyl (C=O) groups is 1. The van der Waals surface area contributed by atoms with Crippen molar-refractivity contribution in [1.82, 2.24) is 9.97 Å². The number of H-pyrrole nitrogens is 1. The number of benzene rings is 2. The molecule has 0 aliphatic carbocycles. The summed E-state index contributed by atoms with van der Waals surface area (Å²) in [6.07, 6.45) is 0. The van der Waals surface area contributed by atoms with E-state index in [1.165, 1.54) is 23.1 Å². The SMILES string of the molecule is Cc1ccc(-c2csc3nc(SCC(=O)Nc4ccc(Cl)cc4C)[nH]c(=O)c23)cc1. The van der Waals surface area contributed by atoms with Gasteiger partial charge in [-0.3, -0.25) is 9.59 Å². The van der Waals surface area contributed by atoms with Gasteiger partial charge in [0.05, 0.1) is 11.1 Å². The Morgan fingerprint density at radius 2 is 1.97 bits per heavy atom. The highest BCUT2D eigenvalue weighted by Crippen LogP contribution is 2.31. The second-order valence-electron chi connectivity index (χ2n) is 6.86. The van der Waals surface area contributed by atoms with Gasteiger partial charge in [-0.15, -0.1) is 11.3 Å². The molecule has 0 unspecified atom stereocenters. The van der Waals surface area contributed by atoms with E-state index in [1.807, 2.05) is 43.5 Å². The number of hydrogen-bond donors (Lipinski definition) is 2. The summed E-state index contributed by atoms with van der Waals surface area (Å²) < 4.78 is 0. The average Bonchev–Trinajstić information content (AvgIpc) is 3.14. The monoisotopic (exact) mass is 455 g/mol. The van der Waals surface area contributed by atoms with Gasteiger partial charge >= 0.3 is 0 Å². The van der Waals surface area contributed by atoms with Crippen LogP contribution in [0.1, 0.15) is 11.1 Å². The Morgan fingerprint density at radius 1 is 1.20 bits per heavy atom. The molecule has 2 heterocycles. The fourth-order valence-electron chi connectivity index (χ4n) is 3.03. The lowest BCUT2D eigenvalue weighted by Gasteiger charge is -2.08. The third-order valence-corrected chi connectivity index (χ3v) is 6.57. The van der Waals surface area contributed by atoms with Gasteiger partial charge in [0, 0.05) is 21.7 Å². The summed E-state index contributed by atoms with van der Waals surface area (Å²) in [4.78, 5) is 33.0. The molecule has 2 aromatic carbocycles. The number of anilines is 1. The molecule has 2 aromatic heterocycles. The summed E-state index contributed by atoms with van der Waals surface area (Å²) in [7, 11) is 0. The maximum atomic E-state index is 12.7. The first kappa shape index (κ1) is 20.7. The van der Waals surface area contributed by atoms with Gasteiger partial charge in [0.25, 0.3) is 5.56 Å². The Kier molecular flexibility index (Phi) is 5.94. The lowest BCUT2D eigenvalue weighted by molar-refractivity contribution is -0.113. The lowest BCUT2D eigenvalue weighted by atomic mass is 10.1. The van der Waals surface area contributed by atoms with Gasteiger partial charge in [0.1, 0.15) is 4.83 Å². The highest BCUT2D eigenvalue weighted by molar-refractivity contribution is 7.99. The fourth-order valence-corrected chi connectivity index (χ4v) is 4.92. The van der Waals surface area contributed by atoms with Gasteiger partial charge in [-0.2, -0.15) is 0 Å². The fraction of sp³-hybridized carbons (Fsp3) is 0.136. The van der Waals surface area contributed by atoms with Crippen LogP contribution in [-0.4, -0.2) is 21.6 Å². The van der Waals surface area contributed by atoms with Crippen molar-refractivity contribution in [3.05, 3.63) is 74.3 Å². The van der Waals surface area contributed by atoms with Gasteiger partial charge < -0.3 is 10.3 Å². The second-order valence-corrected chi connectivity index (χ2v) is 9.12. The Labute approximate surface area is 186 Å². The van der Waals surface area contributed by atoms with Crippen molar-refractivity contribution >= 4 is 56.5 Å². The minimum absolute atomic E-state index is 0.132. The molecule has 8 heteroatoms. The zero-order valence-electron chi connectivity index (χ0n) is 16.3. The van der Waals surface area contributed by atoms with E-state index in [0.29, 0.717) is 26.1 Å². The summed E-state index contributed by atoms with van der Waals surface area (Å²) in [5.74, 6) is -0.0492. The minimum Gasteiger partial charge on any atom is -0.325 e. The van der Waals surface area contributed by atoms with E-state index in [4.69, 9.17) is 11.6 Å². The molecule has 4 rings (SSSR count). The Morgan fingerprint density at radius 3 is 2.70 bits per heavy atom. The number of thiophene rings is 1. The molecule has 0 spiro atoms. The molecule has 152 valence electrons. The van der Waals surface area contributed by atoms with E-state index < -0.39 is 0 Å². The average molecular weight is 456 g/mol. The van der Waals surface area contributed by atoms with Crippen LogP contribution in [-0.2, 0) is 4.79 Å². The number of carbonyl (C=O) groups excluding carboxylic acids is 1. The number of thioether (sulfide) groups is 1. The van der Waals surface area contributed by atoms with Crippen LogP contribution in [0.4, 0.5) is 5.69 Å². The van der Waals surface area contributed by atoms with Crippen molar-refractivity contribution in [2.75, 3.05) is 11.1 Å². The van der Waals surface area contributed by atoms with E-state index in [2.05, 4.69) is 15.3 Å². The van der Waals surface area contributed by atoms with E-state index in [1.54, 1.807) is 18.2 Å². The Balaban J connectivity index is 1.51. The third-order valence-electron chi connectivity index (χ3n) is 4.59. The number of hydrogen-bond acceptors (Lipinski definition) is 5. The number of nitrogens with one attached hydrogen (secondary N) is 2. The normalized spacial score (nSPS) is 11.0. The van der Waals surface area contributed by atoms with Gasteiger partial charge in [0.15, 0.2) is 5.16 Å². The maximum absolute atomic E-state index is 12.7. The number of aryl methyl sites for hydroxylation is 2. The standard InChI is InChI=1S/C22H18ClN3O2S2/c1-12-3-5-14(6-4-12)16-10-29-21-19(16)20(28)25-22(26-21)30-11-18(27)24-17-8-7-15(23)9-13(17)2/h3-10H,11H2,1-2H3,(H,24,27)(H,25,26,28). The van der Waals surface area contributed by atoms with Crippen LogP contribution >= 0.6 is 34.7 Å². The van der Waals surface area contributed by atoms with Crippen molar-refractivity contribution in [2.24, 2.45) is 0 Å². The van der Waals surface area contributed by atoms with Crippen molar-refractivity contribution in [3.63, 3.8) is 0 Å². The molecule has 0 bridgehead atoms. The van der Waals surface area contributed by atoms with Crippen LogP contribution in [0.25, 0.3) is 21.3 Å². The molecule has 0 saturated carbocycles. The Bertz CT molecular complexity index is 1300. The number of amides is 1. The van der Waals surface area contributed by atoms with Gasteiger partial charge in [-0.1, -0.05) is 53.2 Å². The van der Waals surface area contributed by atoms with Crippen molar-refractivity contribution in [2.45, 2.75) is 19.0 Å². The predicted octanol–water partition coefficient (Wildman–Crippen LogP) is 5.65. The zero-order chi connectivity index (χ0) is 21.3. The highest BCUT2D eigenvalue weighted by Gasteiger charge is 2.14. The van der Waals surface area contributed by atoms with Crippen LogP contribution in [0.15, 0.2) is 57.8 Å². The highest BCUT2D eigenvalue weighted by atomic mass is 35.5. The largest absolute Gasteiger partial charge is 0.325 e.